The third-order valence-electron chi connectivity index (χ3n) is 4.04. The van der Waals surface area contributed by atoms with Crippen molar-refractivity contribution < 1.29 is 9.53 Å². The number of aromatic nitrogens is 1. The third kappa shape index (κ3) is 5.74. The van der Waals surface area contributed by atoms with Crippen molar-refractivity contribution in [3.8, 4) is 17.0 Å². The molecule has 0 atom stereocenters. The van der Waals surface area contributed by atoms with Crippen LogP contribution in [0.2, 0.25) is 5.02 Å². The number of thiazole rings is 1. The van der Waals surface area contributed by atoms with Gasteiger partial charge >= 0.3 is 0 Å². The number of amides is 1. The Morgan fingerprint density at radius 1 is 1.18 bits per heavy atom. The van der Waals surface area contributed by atoms with E-state index in [9.17, 15) is 4.79 Å². The van der Waals surface area contributed by atoms with Gasteiger partial charge in [-0.25, -0.2) is 4.98 Å². The zero-order valence-electron chi connectivity index (χ0n) is 15.7. The standard InChI is InChI=1S/C21H21ClN2O2S2/c1-14-20(15-5-9-17(26-2)10-6-15)24-21(28-14)23-19(25)4-3-13-27-18-11-7-16(22)8-12-18/h5-12H,3-4,13H2,1-2H3,(H,23,24,25). The monoisotopic (exact) mass is 432 g/mol. The summed E-state index contributed by atoms with van der Waals surface area (Å²) in [5, 5.41) is 4.29. The van der Waals surface area contributed by atoms with Crippen LogP contribution in [0, 0.1) is 6.92 Å². The number of rotatable bonds is 8. The summed E-state index contributed by atoms with van der Waals surface area (Å²) in [7, 11) is 1.64. The highest BCUT2D eigenvalue weighted by atomic mass is 35.5. The summed E-state index contributed by atoms with van der Waals surface area (Å²) in [6.07, 6.45) is 1.27. The van der Waals surface area contributed by atoms with Crippen LogP contribution in [-0.4, -0.2) is 23.8 Å². The Bertz CT molecular complexity index is 925. The third-order valence-corrected chi connectivity index (χ3v) is 6.27. The molecule has 0 fully saturated rings. The van der Waals surface area contributed by atoms with E-state index in [2.05, 4.69) is 10.3 Å². The number of methoxy groups -OCH3 is 1. The maximum absolute atomic E-state index is 12.2. The summed E-state index contributed by atoms with van der Waals surface area (Å²) in [6.45, 7) is 2.01. The molecule has 0 saturated carbocycles. The second-order valence-corrected chi connectivity index (χ2v) is 8.91. The molecule has 0 aliphatic heterocycles. The van der Waals surface area contributed by atoms with Gasteiger partial charge in [0.2, 0.25) is 5.91 Å². The zero-order chi connectivity index (χ0) is 19.9. The summed E-state index contributed by atoms with van der Waals surface area (Å²) < 4.78 is 5.19. The molecule has 3 rings (SSSR count). The minimum absolute atomic E-state index is 0.00765. The Kier molecular flexibility index (Phi) is 7.36. The molecule has 1 amide bonds. The topological polar surface area (TPSA) is 51.2 Å². The van der Waals surface area contributed by atoms with Crippen LogP contribution in [0.15, 0.2) is 53.4 Å². The van der Waals surface area contributed by atoms with Crippen LogP contribution >= 0.6 is 34.7 Å². The number of hydrogen-bond acceptors (Lipinski definition) is 5. The predicted molar refractivity (Wildman–Crippen MR) is 119 cm³/mol. The van der Waals surface area contributed by atoms with E-state index in [4.69, 9.17) is 16.3 Å². The maximum Gasteiger partial charge on any atom is 0.226 e. The fourth-order valence-corrected chi connectivity index (χ4v) is 4.43. The quantitative estimate of drug-likeness (QED) is 0.335. The van der Waals surface area contributed by atoms with Gasteiger partial charge in [-0.05, 0) is 67.6 Å². The van der Waals surface area contributed by atoms with E-state index >= 15 is 0 Å². The van der Waals surface area contributed by atoms with Crippen LogP contribution in [0.4, 0.5) is 5.13 Å². The van der Waals surface area contributed by atoms with Crippen molar-refractivity contribution in [1.82, 2.24) is 4.98 Å². The molecule has 1 aromatic heterocycles. The number of hydrogen-bond donors (Lipinski definition) is 1. The van der Waals surface area contributed by atoms with Gasteiger partial charge in [0.25, 0.3) is 0 Å². The van der Waals surface area contributed by atoms with Crippen LogP contribution in [-0.2, 0) is 4.79 Å². The number of thioether (sulfide) groups is 1. The summed E-state index contributed by atoms with van der Waals surface area (Å²) >= 11 is 9.10. The average molecular weight is 433 g/mol. The lowest BCUT2D eigenvalue weighted by Crippen LogP contribution is -2.11. The smallest absolute Gasteiger partial charge is 0.226 e. The number of nitrogens with one attached hydrogen (secondary N) is 1. The first-order valence-electron chi connectivity index (χ1n) is 8.85. The molecule has 28 heavy (non-hydrogen) atoms. The summed E-state index contributed by atoms with van der Waals surface area (Å²) in [4.78, 5) is 19.0. The number of aryl methyl sites for hydroxylation is 1. The molecule has 0 radical (unpaired) electrons. The predicted octanol–water partition coefficient (Wildman–Crippen LogP) is 6.29. The van der Waals surface area contributed by atoms with Gasteiger partial charge in [0.05, 0.1) is 12.8 Å². The molecule has 2 aromatic carbocycles. The zero-order valence-corrected chi connectivity index (χ0v) is 18.1. The number of ether oxygens (including phenoxy) is 1. The number of carbonyl (C=O) groups excluding carboxylic acids is 1. The van der Waals surface area contributed by atoms with E-state index in [1.807, 2.05) is 55.5 Å². The van der Waals surface area contributed by atoms with Crippen molar-refractivity contribution in [2.75, 3.05) is 18.2 Å². The number of nitrogens with zero attached hydrogens (tertiary/aromatic N) is 1. The minimum atomic E-state index is -0.00765. The van der Waals surface area contributed by atoms with Gasteiger partial charge in [0.15, 0.2) is 5.13 Å². The van der Waals surface area contributed by atoms with Gasteiger partial charge in [-0.15, -0.1) is 23.1 Å². The number of benzene rings is 2. The molecule has 0 unspecified atom stereocenters. The molecule has 0 aliphatic rings. The lowest BCUT2D eigenvalue weighted by atomic mass is 10.1. The Morgan fingerprint density at radius 3 is 2.57 bits per heavy atom. The average Bonchev–Trinajstić information content (AvgIpc) is 3.06. The van der Waals surface area contributed by atoms with E-state index in [0.29, 0.717) is 11.6 Å². The first-order valence-corrected chi connectivity index (χ1v) is 11.0. The van der Waals surface area contributed by atoms with Gasteiger partial charge in [0, 0.05) is 26.8 Å². The second-order valence-electron chi connectivity index (χ2n) is 6.11. The van der Waals surface area contributed by atoms with E-state index < -0.39 is 0 Å². The number of anilines is 1. The summed E-state index contributed by atoms with van der Waals surface area (Å²) in [5.41, 5.74) is 1.90. The molecule has 3 aromatic rings. The molecule has 0 aliphatic carbocycles. The number of carbonyl (C=O) groups is 1. The Labute approximate surface area is 178 Å². The van der Waals surface area contributed by atoms with Gasteiger partial charge in [-0.2, -0.15) is 0 Å². The van der Waals surface area contributed by atoms with Crippen molar-refractivity contribution in [3.05, 3.63) is 58.4 Å². The van der Waals surface area contributed by atoms with E-state index in [-0.39, 0.29) is 5.91 Å². The maximum atomic E-state index is 12.2. The molecule has 0 bridgehead atoms. The molecule has 146 valence electrons. The Morgan fingerprint density at radius 2 is 1.89 bits per heavy atom. The Hall–Kier alpha value is -2.02. The van der Waals surface area contributed by atoms with E-state index in [1.54, 1.807) is 18.9 Å². The molecule has 0 spiro atoms. The van der Waals surface area contributed by atoms with Gasteiger partial charge in [0.1, 0.15) is 5.75 Å². The van der Waals surface area contributed by atoms with Crippen LogP contribution in [0.3, 0.4) is 0 Å². The number of halogens is 1. The normalized spacial score (nSPS) is 10.7. The molecule has 0 saturated heterocycles. The van der Waals surface area contributed by atoms with Crippen molar-refractivity contribution >= 4 is 45.7 Å². The highest BCUT2D eigenvalue weighted by Crippen LogP contribution is 2.31. The first kappa shape index (κ1) is 20.7. The van der Waals surface area contributed by atoms with E-state index in [0.717, 1.165) is 44.0 Å². The van der Waals surface area contributed by atoms with Crippen LogP contribution in [0.1, 0.15) is 17.7 Å². The summed E-state index contributed by atoms with van der Waals surface area (Å²) in [5.74, 6) is 1.68. The highest BCUT2D eigenvalue weighted by Gasteiger charge is 2.12. The molecular formula is C21H21ClN2O2S2. The molecule has 7 heteroatoms. The van der Waals surface area contributed by atoms with E-state index in [1.165, 1.54) is 11.3 Å². The fraction of sp³-hybridized carbons (Fsp3) is 0.238. The SMILES string of the molecule is COc1ccc(-c2nc(NC(=O)CCCSc3ccc(Cl)cc3)sc2C)cc1. The first-order chi connectivity index (χ1) is 13.5. The Balaban J connectivity index is 1.49. The van der Waals surface area contributed by atoms with Crippen LogP contribution in [0.5, 0.6) is 5.75 Å². The lowest BCUT2D eigenvalue weighted by Gasteiger charge is -2.03. The van der Waals surface area contributed by atoms with Gasteiger partial charge in [-0.1, -0.05) is 11.6 Å². The van der Waals surface area contributed by atoms with Crippen molar-refractivity contribution in [3.63, 3.8) is 0 Å². The van der Waals surface area contributed by atoms with Crippen LogP contribution in [0.25, 0.3) is 11.3 Å². The van der Waals surface area contributed by atoms with Crippen LogP contribution < -0.4 is 10.1 Å². The lowest BCUT2D eigenvalue weighted by molar-refractivity contribution is -0.116. The molecule has 4 nitrogen and oxygen atoms in total. The van der Waals surface area contributed by atoms with Crippen molar-refractivity contribution in [2.24, 2.45) is 0 Å². The van der Waals surface area contributed by atoms with Gasteiger partial charge < -0.3 is 10.1 Å². The fourth-order valence-electron chi connectivity index (χ4n) is 2.60. The van der Waals surface area contributed by atoms with Crippen molar-refractivity contribution in [1.29, 1.82) is 0 Å². The highest BCUT2D eigenvalue weighted by molar-refractivity contribution is 7.99. The largest absolute Gasteiger partial charge is 0.497 e. The van der Waals surface area contributed by atoms with Crippen molar-refractivity contribution in [2.45, 2.75) is 24.7 Å². The summed E-state index contributed by atoms with van der Waals surface area (Å²) in [6, 6.07) is 15.5. The second kappa shape index (κ2) is 9.96. The van der Waals surface area contributed by atoms with Gasteiger partial charge in [-0.3, -0.25) is 4.79 Å². The minimum Gasteiger partial charge on any atom is -0.497 e. The molecular weight excluding hydrogens is 412 g/mol. The molecule has 1 heterocycles. The molecule has 1 N–H and O–H groups in total.